The molecule has 9 heteroatoms. The van der Waals surface area contributed by atoms with Crippen molar-refractivity contribution >= 4 is 55.8 Å². The average Bonchev–Trinajstić information content (AvgIpc) is 3.36. The Labute approximate surface area is 172 Å². The highest BCUT2D eigenvalue weighted by molar-refractivity contribution is 7.20. The van der Waals surface area contributed by atoms with E-state index in [-0.39, 0.29) is 11.6 Å². The number of benzene rings is 2. The number of anilines is 1. The number of amides is 1. The lowest BCUT2D eigenvalue weighted by Gasteiger charge is -2.04. The maximum atomic E-state index is 12.8. The van der Waals surface area contributed by atoms with Gasteiger partial charge in [0.15, 0.2) is 0 Å². The van der Waals surface area contributed by atoms with E-state index in [0.717, 1.165) is 21.6 Å². The zero-order valence-electron chi connectivity index (χ0n) is 15.1. The minimum Gasteiger partial charge on any atom is -0.321 e. The van der Waals surface area contributed by atoms with Gasteiger partial charge in [-0.15, -0.1) is 11.3 Å². The number of imidazole rings is 1. The fourth-order valence-corrected chi connectivity index (χ4v) is 4.42. The van der Waals surface area contributed by atoms with Gasteiger partial charge in [-0.3, -0.25) is 4.79 Å². The van der Waals surface area contributed by atoms with Crippen LogP contribution < -0.4 is 11.0 Å². The number of aromatic amines is 2. The number of halogens is 1. The summed E-state index contributed by atoms with van der Waals surface area (Å²) in [6.07, 6.45) is 0. The minimum atomic E-state index is -0.282. The molecular weight excluding hydrogens is 410 g/mol. The zero-order valence-corrected chi connectivity index (χ0v) is 16.7. The van der Waals surface area contributed by atoms with E-state index in [4.69, 9.17) is 11.6 Å². The summed E-state index contributed by atoms with van der Waals surface area (Å²) in [4.78, 5) is 31.0. The number of carbonyl (C=O) groups excluding carboxylic acids is 1. The van der Waals surface area contributed by atoms with E-state index in [0.29, 0.717) is 26.6 Å². The van der Waals surface area contributed by atoms with Gasteiger partial charge >= 0.3 is 5.69 Å². The van der Waals surface area contributed by atoms with Gasteiger partial charge in [-0.25, -0.2) is 9.48 Å². The largest absolute Gasteiger partial charge is 0.323 e. The molecule has 0 aliphatic carbocycles. The monoisotopic (exact) mass is 423 g/mol. The summed E-state index contributed by atoms with van der Waals surface area (Å²) in [6.45, 7) is 1.92. The average molecular weight is 424 g/mol. The molecule has 3 N–H and O–H groups in total. The first-order valence-electron chi connectivity index (χ1n) is 8.76. The molecule has 0 fully saturated rings. The number of hydrogen-bond donors (Lipinski definition) is 3. The van der Waals surface area contributed by atoms with Crippen LogP contribution in [0.1, 0.15) is 15.4 Å². The lowest BCUT2D eigenvalue weighted by molar-refractivity contribution is 0.103. The molecule has 2 aromatic carbocycles. The second-order valence-electron chi connectivity index (χ2n) is 6.60. The Morgan fingerprint density at radius 3 is 2.66 bits per heavy atom. The molecule has 0 atom stereocenters. The van der Waals surface area contributed by atoms with Gasteiger partial charge in [0.1, 0.15) is 4.83 Å². The Morgan fingerprint density at radius 1 is 1.10 bits per heavy atom. The predicted octanol–water partition coefficient (Wildman–Crippen LogP) is 4.47. The van der Waals surface area contributed by atoms with Gasteiger partial charge in [0.05, 0.1) is 27.3 Å². The molecule has 144 valence electrons. The van der Waals surface area contributed by atoms with Crippen LogP contribution in [-0.2, 0) is 0 Å². The third-order valence-corrected chi connectivity index (χ3v) is 5.97. The molecule has 0 bridgehead atoms. The standard InChI is InChI=1S/C20H14ClN5O2S/c1-10-14-9-17(29-19(14)26(25-10)13-5-2-11(21)3-6-13)18(27)22-12-4-7-15-16(8-12)24-20(28)23-15/h2-9H,1H3,(H,22,27)(H2,23,24,28). The van der Waals surface area contributed by atoms with Crippen LogP contribution in [0.15, 0.2) is 53.3 Å². The van der Waals surface area contributed by atoms with Crippen LogP contribution in [0, 0.1) is 6.92 Å². The van der Waals surface area contributed by atoms with Crippen molar-refractivity contribution in [3.8, 4) is 5.69 Å². The molecule has 0 saturated carbocycles. The number of nitrogens with one attached hydrogen (secondary N) is 3. The fraction of sp³-hybridized carbons (Fsp3) is 0.0500. The van der Waals surface area contributed by atoms with Gasteiger partial charge in [0, 0.05) is 16.1 Å². The van der Waals surface area contributed by atoms with Crippen LogP contribution in [-0.4, -0.2) is 25.7 Å². The van der Waals surface area contributed by atoms with Crippen molar-refractivity contribution in [3.05, 3.63) is 74.6 Å². The number of aryl methyl sites for hydroxylation is 1. The van der Waals surface area contributed by atoms with E-state index in [1.165, 1.54) is 11.3 Å². The Balaban J connectivity index is 1.49. The second-order valence-corrected chi connectivity index (χ2v) is 8.06. The van der Waals surface area contributed by atoms with Crippen LogP contribution in [0.2, 0.25) is 5.02 Å². The number of thiophene rings is 1. The number of hydrogen-bond acceptors (Lipinski definition) is 4. The zero-order chi connectivity index (χ0) is 20.1. The lowest BCUT2D eigenvalue weighted by Crippen LogP contribution is -2.10. The molecule has 1 amide bonds. The number of rotatable bonds is 3. The van der Waals surface area contributed by atoms with Gasteiger partial charge in [0.25, 0.3) is 5.91 Å². The highest BCUT2D eigenvalue weighted by Gasteiger charge is 2.17. The third-order valence-electron chi connectivity index (χ3n) is 4.61. The first-order valence-corrected chi connectivity index (χ1v) is 9.96. The molecule has 0 radical (unpaired) electrons. The van der Waals surface area contributed by atoms with Crippen LogP contribution in [0.5, 0.6) is 0 Å². The van der Waals surface area contributed by atoms with E-state index in [2.05, 4.69) is 20.4 Å². The number of aromatic nitrogens is 4. The van der Waals surface area contributed by atoms with Crippen molar-refractivity contribution in [3.63, 3.8) is 0 Å². The molecule has 0 aliphatic rings. The van der Waals surface area contributed by atoms with E-state index in [1.54, 1.807) is 18.2 Å². The molecule has 3 heterocycles. The maximum absolute atomic E-state index is 12.8. The summed E-state index contributed by atoms with van der Waals surface area (Å²) in [5.41, 5.74) is 3.37. The normalized spacial score (nSPS) is 11.4. The van der Waals surface area contributed by atoms with Crippen LogP contribution in [0.4, 0.5) is 5.69 Å². The van der Waals surface area contributed by atoms with E-state index < -0.39 is 0 Å². The summed E-state index contributed by atoms with van der Waals surface area (Å²) in [5, 5.41) is 9.06. The molecule has 7 nitrogen and oxygen atoms in total. The second kappa shape index (κ2) is 6.61. The van der Waals surface area contributed by atoms with Gasteiger partial charge in [-0.05, 0) is 55.5 Å². The van der Waals surface area contributed by atoms with Crippen molar-refractivity contribution in [1.29, 1.82) is 0 Å². The molecule has 5 aromatic rings. The summed E-state index contributed by atoms with van der Waals surface area (Å²) in [6, 6.07) is 14.5. The molecule has 0 unspecified atom stereocenters. The van der Waals surface area contributed by atoms with E-state index in [1.807, 2.05) is 41.9 Å². The molecule has 0 aliphatic heterocycles. The Kier molecular flexibility index (Phi) is 4.04. The summed E-state index contributed by atoms with van der Waals surface area (Å²) >= 11 is 7.35. The highest BCUT2D eigenvalue weighted by atomic mass is 35.5. The molecule has 29 heavy (non-hydrogen) atoms. The Hall–Kier alpha value is -3.36. The number of fused-ring (bicyclic) bond motifs is 2. The number of H-pyrrole nitrogens is 2. The van der Waals surface area contributed by atoms with Crippen molar-refractivity contribution in [2.24, 2.45) is 0 Å². The maximum Gasteiger partial charge on any atom is 0.323 e. The third kappa shape index (κ3) is 3.12. The molecule has 3 aromatic heterocycles. The van der Waals surface area contributed by atoms with Crippen molar-refractivity contribution in [2.45, 2.75) is 6.92 Å². The molecule has 5 rings (SSSR count). The summed E-state index contributed by atoms with van der Waals surface area (Å²) in [5.74, 6) is -0.217. The molecular formula is C20H14ClN5O2S. The van der Waals surface area contributed by atoms with Gasteiger partial charge in [-0.1, -0.05) is 11.6 Å². The number of nitrogens with zero attached hydrogens (tertiary/aromatic N) is 2. The van der Waals surface area contributed by atoms with Crippen LogP contribution in [0.3, 0.4) is 0 Å². The first-order chi connectivity index (χ1) is 14.0. The van der Waals surface area contributed by atoms with Crippen molar-refractivity contribution in [1.82, 2.24) is 19.7 Å². The number of carbonyl (C=O) groups is 1. The molecule has 0 saturated heterocycles. The summed E-state index contributed by atoms with van der Waals surface area (Å²) < 4.78 is 1.82. The molecule has 0 spiro atoms. The van der Waals surface area contributed by atoms with Gasteiger partial charge in [-0.2, -0.15) is 5.10 Å². The lowest BCUT2D eigenvalue weighted by atomic mass is 10.2. The quantitative estimate of drug-likeness (QED) is 0.399. The predicted molar refractivity (Wildman–Crippen MR) is 116 cm³/mol. The minimum absolute atomic E-state index is 0.217. The first kappa shape index (κ1) is 17.7. The van der Waals surface area contributed by atoms with Crippen molar-refractivity contribution in [2.75, 3.05) is 5.32 Å². The topological polar surface area (TPSA) is 95.6 Å². The van der Waals surface area contributed by atoms with E-state index >= 15 is 0 Å². The SMILES string of the molecule is Cc1nn(-c2ccc(Cl)cc2)c2sc(C(=O)Nc3ccc4[nH]c(=O)[nH]c4c3)cc12. The van der Waals surface area contributed by atoms with E-state index in [9.17, 15) is 9.59 Å². The van der Waals surface area contributed by atoms with Crippen LogP contribution >= 0.6 is 22.9 Å². The summed E-state index contributed by atoms with van der Waals surface area (Å²) in [7, 11) is 0. The van der Waals surface area contributed by atoms with Crippen molar-refractivity contribution < 1.29 is 4.79 Å². The smallest absolute Gasteiger partial charge is 0.321 e. The van der Waals surface area contributed by atoms with Gasteiger partial charge in [0.2, 0.25) is 0 Å². The van der Waals surface area contributed by atoms with Gasteiger partial charge < -0.3 is 15.3 Å². The Bertz CT molecular complexity index is 1440. The highest BCUT2D eigenvalue weighted by Crippen LogP contribution is 2.31. The Morgan fingerprint density at radius 2 is 1.86 bits per heavy atom. The fourth-order valence-electron chi connectivity index (χ4n) is 3.22. The van der Waals surface area contributed by atoms with Crippen LogP contribution in [0.25, 0.3) is 26.9 Å².